The predicted molar refractivity (Wildman–Crippen MR) is 75.2 cm³/mol. The minimum Gasteiger partial charge on any atom is -0.294 e. The Morgan fingerprint density at radius 3 is 2.79 bits per heavy atom. The number of ketones is 1. The van der Waals surface area contributed by atoms with E-state index in [9.17, 15) is 14.4 Å². The van der Waals surface area contributed by atoms with Crippen LogP contribution in [0.3, 0.4) is 0 Å². The second kappa shape index (κ2) is 5.15. The number of hydrogen-bond donors (Lipinski definition) is 1. The fourth-order valence-electron chi connectivity index (χ4n) is 1.83. The van der Waals surface area contributed by atoms with Crippen LogP contribution in [0.25, 0.3) is 0 Å². The van der Waals surface area contributed by atoms with Crippen molar-refractivity contribution in [2.24, 2.45) is 0 Å². The summed E-state index contributed by atoms with van der Waals surface area (Å²) in [6, 6.07) is 1.80. The van der Waals surface area contributed by atoms with Crippen LogP contribution in [-0.2, 0) is 9.59 Å². The quantitative estimate of drug-likeness (QED) is 0.665. The number of nitrogens with zero attached hydrogens (tertiary/aromatic N) is 1. The number of carbonyl (C=O) groups is 3. The first kappa shape index (κ1) is 14.4. The number of imide groups is 1. The molecule has 0 radical (unpaired) electrons. The molecule has 0 saturated carbocycles. The van der Waals surface area contributed by atoms with Gasteiger partial charge in [0.05, 0.1) is 23.5 Å². The van der Waals surface area contributed by atoms with Crippen LogP contribution in [0.1, 0.15) is 23.5 Å². The summed E-state index contributed by atoms with van der Waals surface area (Å²) >= 11 is 4.65. The second-order valence-electron chi connectivity index (χ2n) is 4.81. The maximum atomic E-state index is 12.2. The zero-order valence-electron chi connectivity index (χ0n) is 10.5. The molecule has 1 aliphatic heterocycles. The van der Waals surface area contributed by atoms with Gasteiger partial charge in [0, 0.05) is 4.47 Å². The van der Waals surface area contributed by atoms with Gasteiger partial charge in [0.1, 0.15) is 0 Å². The smallest absolute Gasteiger partial charge is 0.246 e. The highest BCUT2D eigenvalue weighted by Crippen LogP contribution is 2.25. The maximum absolute atomic E-state index is 12.2. The Balaban J connectivity index is 2.17. The van der Waals surface area contributed by atoms with E-state index in [2.05, 4.69) is 21.2 Å². The van der Waals surface area contributed by atoms with Gasteiger partial charge >= 0.3 is 0 Å². The first-order chi connectivity index (χ1) is 8.82. The summed E-state index contributed by atoms with van der Waals surface area (Å²) in [6.45, 7) is 3.50. The molecule has 1 saturated heterocycles. The highest BCUT2D eigenvalue weighted by molar-refractivity contribution is 9.10. The Kier molecular flexibility index (Phi) is 3.89. The van der Waals surface area contributed by atoms with Crippen LogP contribution in [0.15, 0.2) is 15.9 Å². The third-order valence-corrected chi connectivity index (χ3v) is 5.02. The van der Waals surface area contributed by atoms with Crippen LogP contribution in [0.4, 0.5) is 0 Å². The van der Waals surface area contributed by atoms with Crippen molar-refractivity contribution in [2.45, 2.75) is 19.4 Å². The molecule has 102 valence electrons. The van der Waals surface area contributed by atoms with Gasteiger partial charge in [-0.25, -0.2) is 0 Å². The van der Waals surface area contributed by atoms with Crippen LogP contribution in [-0.4, -0.2) is 41.1 Å². The topological polar surface area (TPSA) is 66.5 Å². The van der Waals surface area contributed by atoms with Gasteiger partial charge in [-0.2, -0.15) is 0 Å². The zero-order chi connectivity index (χ0) is 14.2. The Morgan fingerprint density at radius 1 is 1.53 bits per heavy atom. The average Bonchev–Trinajstić information content (AvgIpc) is 2.72. The molecule has 5 nitrogen and oxygen atoms in total. The van der Waals surface area contributed by atoms with E-state index in [1.54, 1.807) is 24.8 Å². The molecular formula is C12H13BrN2O3S. The third kappa shape index (κ3) is 2.77. The largest absolute Gasteiger partial charge is 0.294 e. The van der Waals surface area contributed by atoms with E-state index in [1.807, 2.05) is 5.38 Å². The molecule has 2 heterocycles. The summed E-state index contributed by atoms with van der Waals surface area (Å²) in [7, 11) is 0. The van der Waals surface area contributed by atoms with Gasteiger partial charge in [0.15, 0.2) is 5.78 Å². The van der Waals surface area contributed by atoms with Crippen LogP contribution < -0.4 is 5.32 Å². The average molecular weight is 345 g/mol. The van der Waals surface area contributed by atoms with Gasteiger partial charge in [-0.3, -0.25) is 24.6 Å². The maximum Gasteiger partial charge on any atom is 0.246 e. The molecular weight excluding hydrogens is 332 g/mol. The van der Waals surface area contributed by atoms with E-state index in [0.717, 1.165) is 4.47 Å². The third-order valence-electron chi connectivity index (χ3n) is 3.14. The lowest BCUT2D eigenvalue weighted by Crippen LogP contribution is -2.64. The molecule has 1 aromatic rings. The zero-order valence-corrected chi connectivity index (χ0v) is 12.9. The molecule has 1 aliphatic rings. The minimum absolute atomic E-state index is 0.0469. The van der Waals surface area contributed by atoms with Gasteiger partial charge in [0.25, 0.3) is 0 Å². The van der Waals surface area contributed by atoms with Crippen molar-refractivity contribution in [3.05, 3.63) is 20.8 Å². The van der Waals surface area contributed by atoms with Gasteiger partial charge < -0.3 is 0 Å². The monoisotopic (exact) mass is 344 g/mol. The molecule has 0 unspecified atom stereocenters. The lowest BCUT2D eigenvalue weighted by molar-refractivity contribution is -0.144. The van der Waals surface area contributed by atoms with E-state index in [4.69, 9.17) is 0 Å². The molecule has 0 spiro atoms. The number of amides is 2. The van der Waals surface area contributed by atoms with Gasteiger partial charge in [-0.1, -0.05) is 0 Å². The summed E-state index contributed by atoms with van der Waals surface area (Å²) in [5.41, 5.74) is -0.868. The van der Waals surface area contributed by atoms with Crippen molar-refractivity contribution >= 4 is 44.9 Å². The number of piperazine rings is 1. The SMILES string of the molecule is CC1(C)C(=O)NC(=O)CN1CC(=O)c1sccc1Br. The number of Topliss-reactive ketones (excluding diaryl/α,β-unsaturated/α-hetero) is 1. The predicted octanol–water partition coefficient (Wildman–Crippen LogP) is 1.43. The molecule has 7 heteroatoms. The standard InChI is InChI=1S/C12H13BrN2O3S/c1-12(2)11(18)14-9(17)6-15(12)5-8(16)10-7(13)3-4-19-10/h3-4H,5-6H2,1-2H3,(H,14,17,18). The first-order valence-electron chi connectivity index (χ1n) is 5.68. The van der Waals surface area contributed by atoms with Gasteiger partial charge in [-0.15, -0.1) is 11.3 Å². The van der Waals surface area contributed by atoms with E-state index in [-0.39, 0.29) is 30.7 Å². The summed E-state index contributed by atoms with van der Waals surface area (Å²) < 4.78 is 0.744. The molecule has 19 heavy (non-hydrogen) atoms. The fourth-order valence-corrected chi connectivity index (χ4v) is 3.35. The Morgan fingerprint density at radius 2 is 2.21 bits per heavy atom. The number of hydrogen-bond acceptors (Lipinski definition) is 5. The van der Waals surface area contributed by atoms with Gasteiger partial charge in [0.2, 0.25) is 11.8 Å². The molecule has 2 amide bonds. The number of thiophene rings is 1. The molecule has 1 aromatic heterocycles. The summed E-state index contributed by atoms with van der Waals surface area (Å²) in [5, 5.41) is 4.10. The number of rotatable bonds is 3. The molecule has 1 fully saturated rings. The van der Waals surface area contributed by atoms with Crippen molar-refractivity contribution in [2.75, 3.05) is 13.1 Å². The summed E-state index contributed by atoms with van der Waals surface area (Å²) in [6.07, 6.45) is 0. The Hall–Kier alpha value is -1.05. The van der Waals surface area contributed by atoms with Crippen LogP contribution >= 0.6 is 27.3 Å². The fraction of sp³-hybridized carbons (Fsp3) is 0.417. The lowest BCUT2D eigenvalue weighted by atomic mass is 9.98. The van der Waals surface area contributed by atoms with E-state index in [1.165, 1.54) is 11.3 Å². The van der Waals surface area contributed by atoms with E-state index < -0.39 is 5.54 Å². The van der Waals surface area contributed by atoms with Crippen molar-refractivity contribution < 1.29 is 14.4 Å². The summed E-state index contributed by atoms with van der Waals surface area (Å²) in [5.74, 6) is -0.846. The van der Waals surface area contributed by atoms with E-state index in [0.29, 0.717) is 4.88 Å². The number of nitrogens with one attached hydrogen (secondary N) is 1. The first-order valence-corrected chi connectivity index (χ1v) is 7.35. The molecule has 0 bridgehead atoms. The molecule has 0 aromatic carbocycles. The van der Waals surface area contributed by atoms with Crippen molar-refractivity contribution in [3.8, 4) is 0 Å². The molecule has 0 atom stereocenters. The van der Waals surface area contributed by atoms with Crippen LogP contribution in [0.2, 0.25) is 0 Å². The van der Waals surface area contributed by atoms with E-state index >= 15 is 0 Å². The molecule has 1 N–H and O–H groups in total. The molecule has 0 aliphatic carbocycles. The minimum atomic E-state index is -0.868. The number of halogens is 1. The van der Waals surface area contributed by atoms with Crippen LogP contribution in [0.5, 0.6) is 0 Å². The van der Waals surface area contributed by atoms with Crippen LogP contribution in [0, 0.1) is 0 Å². The van der Waals surface area contributed by atoms with Gasteiger partial charge in [-0.05, 0) is 41.2 Å². The second-order valence-corrected chi connectivity index (χ2v) is 6.58. The lowest BCUT2D eigenvalue weighted by Gasteiger charge is -2.39. The highest BCUT2D eigenvalue weighted by atomic mass is 79.9. The summed E-state index contributed by atoms with van der Waals surface area (Å²) in [4.78, 5) is 37.6. The van der Waals surface area contributed by atoms with Crippen molar-refractivity contribution in [1.29, 1.82) is 0 Å². The van der Waals surface area contributed by atoms with Crippen molar-refractivity contribution in [1.82, 2.24) is 10.2 Å². The Labute approximate surface area is 123 Å². The normalized spacial score (nSPS) is 19.3. The van der Waals surface area contributed by atoms with Crippen molar-refractivity contribution in [3.63, 3.8) is 0 Å². The molecule has 2 rings (SSSR count). The Bertz CT molecular complexity index is 553. The highest BCUT2D eigenvalue weighted by Gasteiger charge is 2.41. The number of carbonyl (C=O) groups excluding carboxylic acids is 3.